The first kappa shape index (κ1) is 9.57. The zero-order valence-electron chi connectivity index (χ0n) is 6.49. The molecular weight excluding hydrogens is 200 g/mol. The molecule has 1 rings (SSSR count). The summed E-state index contributed by atoms with van der Waals surface area (Å²) in [6, 6.07) is 1.53. The van der Waals surface area contributed by atoms with E-state index >= 15 is 0 Å². The molecule has 0 saturated heterocycles. The Kier molecular flexibility index (Phi) is 2.46. The zero-order chi connectivity index (χ0) is 9.35. The van der Waals surface area contributed by atoms with Crippen LogP contribution in [0.5, 0.6) is 0 Å². The third-order valence-electron chi connectivity index (χ3n) is 1.39. The van der Waals surface area contributed by atoms with Gasteiger partial charge < -0.3 is 5.73 Å². The summed E-state index contributed by atoms with van der Waals surface area (Å²) < 4.78 is 23.0. The highest BCUT2D eigenvalue weighted by Gasteiger charge is 2.10. The van der Waals surface area contributed by atoms with Crippen molar-refractivity contribution in [3.05, 3.63) is 23.0 Å². The SMILES string of the molecule is CS(=O)(=O)n1cc(CN)cc1Cl. The molecule has 0 unspecified atom stereocenters. The standard InChI is InChI=1S/C6H9ClN2O2S/c1-12(10,11)9-4-5(3-8)2-6(9)7/h2,4H,3,8H2,1H3. The molecule has 1 heterocycles. The largest absolute Gasteiger partial charge is 0.326 e. The summed E-state index contributed by atoms with van der Waals surface area (Å²) in [5.74, 6) is 0. The van der Waals surface area contributed by atoms with Gasteiger partial charge in [0.1, 0.15) is 5.15 Å². The van der Waals surface area contributed by atoms with E-state index in [1.807, 2.05) is 0 Å². The van der Waals surface area contributed by atoms with Crippen molar-refractivity contribution in [2.24, 2.45) is 5.73 Å². The lowest BCUT2D eigenvalue weighted by Crippen LogP contribution is -2.08. The number of nitrogens with two attached hydrogens (primary N) is 1. The highest BCUT2D eigenvalue weighted by atomic mass is 35.5. The lowest BCUT2D eigenvalue weighted by molar-refractivity contribution is 0.593. The van der Waals surface area contributed by atoms with Crippen LogP contribution in [0.1, 0.15) is 5.56 Å². The summed E-state index contributed by atoms with van der Waals surface area (Å²) in [6.45, 7) is 0.280. The molecule has 0 bridgehead atoms. The third-order valence-corrected chi connectivity index (χ3v) is 2.80. The smallest absolute Gasteiger partial charge is 0.236 e. The van der Waals surface area contributed by atoms with Gasteiger partial charge in [0.15, 0.2) is 0 Å². The Morgan fingerprint density at radius 2 is 2.25 bits per heavy atom. The van der Waals surface area contributed by atoms with Gasteiger partial charge in [0.05, 0.1) is 6.26 Å². The molecule has 0 aromatic carbocycles. The summed E-state index contributed by atoms with van der Waals surface area (Å²) in [6.07, 6.45) is 2.50. The van der Waals surface area contributed by atoms with E-state index in [2.05, 4.69) is 0 Å². The topological polar surface area (TPSA) is 65.1 Å². The number of aromatic nitrogens is 1. The van der Waals surface area contributed by atoms with Crippen molar-refractivity contribution in [1.29, 1.82) is 0 Å². The molecule has 2 N–H and O–H groups in total. The molecule has 1 aromatic rings. The van der Waals surface area contributed by atoms with Crippen LogP contribution in [0.25, 0.3) is 0 Å². The molecule has 0 aliphatic heterocycles. The molecule has 6 heteroatoms. The van der Waals surface area contributed by atoms with Gasteiger partial charge in [-0.1, -0.05) is 11.6 Å². The fraction of sp³-hybridized carbons (Fsp3) is 0.333. The highest BCUT2D eigenvalue weighted by molar-refractivity contribution is 7.89. The molecular formula is C6H9ClN2O2S. The number of hydrogen-bond donors (Lipinski definition) is 1. The van der Waals surface area contributed by atoms with E-state index in [-0.39, 0.29) is 11.7 Å². The zero-order valence-corrected chi connectivity index (χ0v) is 8.06. The third kappa shape index (κ3) is 1.80. The summed E-state index contributed by atoms with van der Waals surface area (Å²) in [4.78, 5) is 0. The Labute approximate surface area is 76.0 Å². The summed E-state index contributed by atoms with van der Waals surface area (Å²) >= 11 is 5.64. The van der Waals surface area contributed by atoms with Crippen LogP contribution in [0.3, 0.4) is 0 Å². The van der Waals surface area contributed by atoms with Crippen LogP contribution in [-0.4, -0.2) is 18.6 Å². The van der Waals surface area contributed by atoms with E-state index in [1.54, 1.807) is 0 Å². The second-order valence-electron chi connectivity index (χ2n) is 2.43. The number of hydrogen-bond acceptors (Lipinski definition) is 3. The van der Waals surface area contributed by atoms with Crippen molar-refractivity contribution in [3.8, 4) is 0 Å². The van der Waals surface area contributed by atoms with E-state index < -0.39 is 10.0 Å². The van der Waals surface area contributed by atoms with Crippen LogP contribution in [0, 0.1) is 0 Å². The normalized spacial score (nSPS) is 11.9. The maximum Gasteiger partial charge on any atom is 0.236 e. The van der Waals surface area contributed by atoms with E-state index in [1.165, 1.54) is 12.3 Å². The summed E-state index contributed by atoms with van der Waals surface area (Å²) in [5.41, 5.74) is 6.01. The van der Waals surface area contributed by atoms with Gasteiger partial charge in [-0.2, -0.15) is 0 Å². The minimum Gasteiger partial charge on any atom is -0.326 e. The first-order valence-corrected chi connectivity index (χ1v) is 5.45. The van der Waals surface area contributed by atoms with Crippen molar-refractivity contribution >= 4 is 21.6 Å². The average molecular weight is 209 g/mol. The molecule has 0 fully saturated rings. The molecule has 1 aromatic heterocycles. The molecule has 0 saturated carbocycles. The Hall–Kier alpha value is -0.520. The molecule has 0 amide bonds. The quantitative estimate of drug-likeness (QED) is 0.766. The van der Waals surface area contributed by atoms with E-state index in [9.17, 15) is 8.42 Å². The molecule has 68 valence electrons. The number of nitrogens with zero attached hydrogens (tertiary/aromatic N) is 1. The van der Waals surface area contributed by atoms with Crippen LogP contribution in [-0.2, 0) is 16.6 Å². The second kappa shape index (κ2) is 3.08. The minimum absolute atomic E-state index is 0.165. The Morgan fingerprint density at radius 3 is 2.50 bits per heavy atom. The van der Waals surface area contributed by atoms with Crippen molar-refractivity contribution in [2.75, 3.05) is 6.26 Å². The first-order valence-electron chi connectivity index (χ1n) is 3.22. The molecule has 0 aliphatic rings. The maximum atomic E-state index is 11.0. The molecule has 0 spiro atoms. The average Bonchev–Trinajstić information content (AvgIpc) is 2.29. The van der Waals surface area contributed by atoms with Gasteiger partial charge in [0, 0.05) is 12.7 Å². The highest BCUT2D eigenvalue weighted by Crippen LogP contribution is 2.15. The van der Waals surface area contributed by atoms with Crippen molar-refractivity contribution < 1.29 is 8.42 Å². The van der Waals surface area contributed by atoms with Crippen LogP contribution >= 0.6 is 11.6 Å². The summed E-state index contributed by atoms with van der Waals surface area (Å²) in [5, 5.41) is 0.165. The predicted octanol–water partition coefficient (Wildman–Crippen LogP) is 0.408. The van der Waals surface area contributed by atoms with Crippen LogP contribution in [0.2, 0.25) is 5.15 Å². The predicted molar refractivity (Wildman–Crippen MR) is 47.6 cm³/mol. The van der Waals surface area contributed by atoms with E-state index in [4.69, 9.17) is 17.3 Å². The maximum absolute atomic E-state index is 11.0. The lowest BCUT2D eigenvalue weighted by atomic mass is 10.4. The number of rotatable bonds is 2. The summed E-state index contributed by atoms with van der Waals surface area (Å²) in [7, 11) is -3.29. The monoisotopic (exact) mass is 208 g/mol. The van der Waals surface area contributed by atoms with Crippen LogP contribution < -0.4 is 5.73 Å². The van der Waals surface area contributed by atoms with E-state index in [0.29, 0.717) is 5.56 Å². The molecule has 12 heavy (non-hydrogen) atoms. The Balaban J connectivity index is 3.27. The lowest BCUT2D eigenvalue weighted by Gasteiger charge is -1.98. The minimum atomic E-state index is -3.29. The van der Waals surface area contributed by atoms with Gasteiger partial charge in [-0.05, 0) is 11.6 Å². The van der Waals surface area contributed by atoms with Crippen molar-refractivity contribution in [3.63, 3.8) is 0 Å². The van der Waals surface area contributed by atoms with Crippen LogP contribution in [0.15, 0.2) is 12.3 Å². The van der Waals surface area contributed by atoms with Crippen molar-refractivity contribution in [1.82, 2.24) is 3.97 Å². The molecule has 0 aliphatic carbocycles. The van der Waals surface area contributed by atoms with Gasteiger partial charge in [-0.25, -0.2) is 12.4 Å². The van der Waals surface area contributed by atoms with Gasteiger partial charge in [0.2, 0.25) is 10.0 Å². The molecule has 0 atom stereocenters. The van der Waals surface area contributed by atoms with Gasteiger partial charge in [-0.3, -0.25) is 0 Å². The van der Waals surface area contributed by atoms with Crippen molar-refractivity contribution in [2.45, 2.75) is 6.54 Å². The van der Waals surface area contributed by atoms with Gasteiger partial charge in [-0.15, -0.1) is 0 Å². The Bertz CT molecular complexity index is 382. The number of halogens is 1. The van der Waals surface area contributed by atoms with Crippen LogP contribution in [0.4, 0.5) is 0 Å². The molecule has 4 nitrogen and oxygen atoms in total. The Morgan fingerprint density at radius 1 is 1.67 bits per heavy atom. The van der Waals surface area contributed by atoms with Gasteiger partial charge >= 0.3 is 0 Å². The fourth-order valence-corrected chi connectivity index (χ4v) is 2.09. The first-order chi connectivity index (χ1) is 5.45. The van der Waals surface area contributed by atoms with Gasteiger partial charge in [0.25, 0.3) is 0 Å². The fourth-order valence-electron chi connectivity index (χ4n) is 0.832. The second-order valence-corrected chi connectivity index (χ2v) is 4.68. The molecule has 0 radical (unpaired) electrons. The van der Waals surface area contributed by atoms with E-state index in [0.717, 1.165) is 10.2 Å².